The Kier molecular flexibility index (Phi) is 7.81. The number of hydrogen-bond acceptors (Lipinski definition) is 6. The van der Waals surface area contributed by atoms with Crippen LogP contribution in [0, 0.1) is 0 Å². The highest BCUT2D eigenvalue weighted by atomic mass is 79.9. The number of hydrogen-bond donors (Lipinski definition) is 1. The van der Waals surface area contributed by atoms with Gasteiger partial charge in [0.15, 0.2) is 18.1 Å². The number of nitrogens with one attached hydrogen (secondary N) is 1. The highest BCUT2D eigenvalue weighted by Crippen LogP contribution is 2.27. The Balaban J connectivity index is 2.00. The van der Waals surface area contributed by atoms with Crippen molar-refractivity contribution >= 4 is 34.0 Å². The average molecular weight is 435 g/mol. The Morgan fingerprint density at radius 2 is 1.96 bits per heavy atom. The van der Waals surface area contributed by atoms with Gasteiger partial charge in [0.25, 0.3) is 5.91 Å². The van der Waals surface area contributed by atoms with Crippen LogP contribution in [0.2, 0.25) is 0 Å². The molecule has 0 atom stereocenters. The quantitative estimate of drug-likeness (QED) is 0.391. The molecule has 0 heterocycles. The van der Waals surface area contributed by atoms with Gasteiger partial charge in [-0.2, -0.15) is 5.10 Å². The van der Waals surface area contributed by atoms with Gasteiger partial charge in [0, 0.05) is 4.47 Å². The van der Waals surface area contributed by atoms with E-state index in [2.05, 4.69) is 26.5 Å². The summed E-state index contributed by atoms with van der Waals surface area (Å²) < 4.78 is 16.1. The topological polar surface area (TPSA) is 86.2 Å². The molecule has 0 spiro atoms. The lowest BCUT2D eigenvalue weighted by Gasteiger charge is -2.10. The number of ether oxygens (including phenoxy) is 3. The van der Waals surface area contributed by atoms with Crippen LogP contribution in [0.3, 0.4) is 0 Å². The van der Waals surface area contributed by atoms with Crippen molar-refractivity contribution in [2.45, 2.75) is 6.92 Å². The van der Waals surface area contributed by atoms with E-state index >= 15 is 0 Å². The number of carbonyl (C=O) groups is 2. The molecule has 0 aliphatic rings. The first kappa shape index (κ1) is 20.4. The second-order valence-corrected chi connectivity index (χ2v) is 6.04. The molecule has 1 N–H and O–H groups in total. The Bertz CT molecular complexity index is 839. The van der Waals surface area contributed by atoms with E-state index in [1.807, 2.05) is 6.07 Å². The summed E-state index contributed by atoms with van der Waals surface area (Å²) in [7, 11) is 1.49. The van der Waals surface area contributed by atoms with Crippen LogP contribution in [0.25, 0.3) is 0 Å². The van der Waals surface area contributed by atoms with Gasteiger partial charge in [0.1, 0.15) is 0 Å². The normalized spacial score (nSPS) is 10.5. The number of amides is 1. The van der Waals surface area contributed by atoms with E-state index in [0.717, 1.165) is 0 Å². The molecule has 0 aromatic heterocycles. The third-order valence-electron chi connectivity index (χ3n) is 3.34. The fraction of sp³-hybridized carbons (Fsp3) is 0.211. The average Bonchev–Trinajstić information content (AvgIpc) is 2.67. The van der Waals surface area contributed by atoms with E-state index in [1.54, 1.807) is 43.3 Å². The zero-order chi connectivity index (χ0) is 19.6. The predicted molar refractivity (Wildman–Crippen MR) is 104 cm³/mol. The summed E-state index contributed by atoms with van der Waals surface area (Å²) in [4.78, 5) is 23.5. The van der Waals surface area contributed by atoms with E-state index < -0.39 is 5.97 Å². The second kappa shape index (κ2) is 10.3. The number of benzene rings is 2. The van der Waals surface area contributed by atoms with Crippen LogP contribution in [-0.2, 0) is 9.53 Å². The maximum atomic E-state index is 12.1. The first-order valence-corrected chi connectivity index (χ1v) is 8.88. The molecular weight excluding hydrogens is 416 g/mol. The Morgan fingerprint density at radius 3 is 2.67 bits per heavy atom. The molecular formula is C19H19BrN2O5. The van der Waals surface area contributed by atoms with Gasteiger partial charge in [-0.15, -0.1) is 0 Å². The molecule has 8 heteroatoms. The molecule has 0 aliphatic carbocycles. The lowest BCUT2D eigenvalue weighted by atomic mass is 10.2. The van der Waals surface area contributed by atoms with Crippen LogP contribution in [0.5, 0.6) is 11.5 Å². The number of nitrogens with zero attached hydrogens (tertiary/aromatic N) is 1. The van der Waals surface area contributed by atoms with Crippen molar-refractivity contribution in [1.82, 2.24) is 5.43 Å². The molecule has 2 aromatic rings. The zero-order valence-electron chi connectivity index (χ0n) is 14.9. The highest BCUT2D eigenvalue weighted by molar-refractivity contribution is 9.10. The van der Waals surface area contributed by atoms with Crippen molar-refractivity contribution in [2.24, 2.45) is 5.10 Å². The van der Waals surface area contributed by atoms with E-state index in [4.69, 9.17) is 14.2 Å². The Morgan fingerprint density at radius 1 is 1.19 bits per heavy atom. The van der Waals surface area contributed by atoms with E-state index in [0.29, 0.717) is 33.7 Å². The minimum atomic E-state index is -0.458. The molecule has 0 fully saturated rings. The molecule has 0 saturated carbocycles. The minimum absolute atomic E-state index is 0.209. The maximum Gasteiger partial charge on any atom is 0.344 e. The van der Waals surface area contributed by atoms with Gasteiger partial charge < -0.3 is 14.2 Å². The van der Waals surface area contributed by atoms with Crippen LogP contribution in [0.4, 0.5) is 0 Å². The van der Waals surface area contributed by atoms with E-state index in [9.17, 15) is 9.59 Å². The standard InChI is InChI=1S/C19H19BrN2O5/c1-3-26-18(23)12-27-16-9-8-13(10-17(16)25-2)11-21-22-19(24)14-6-4-5-7-15(14)20/h4-11H,3,12H2,1-2H3,(H,22,24)/b21-11+. The summed E-state index contributed by atoms with van der Waals surface area (Å²) in [5.41, 5.74) is 3.63. The summed E-state index contributed by atoms with van der Waals surface area (Å²) in [6, 6.07) is 12.1. The number of halogens is 1. The van der Waals surface area contributed by atoms with Crippen molar-refractivity contribution in [3.8, 4) is 11.5 Å². The van der Waals surface area contributed by atoms with Gasteiger partial charge in [-0.25, -0.2) is 10.2 Å². The molecule has 142 valence electrons. The van der Waals surface area contributed by atoms with E-state index in [-0.39, 0.29) is 12.5 Å². The van der Waals surface area contributed by atoms with Crippen LogP contribution < -0.4 is 14.9 Å². The van der Waals surface area contributed by atoms with Crippen LogP contribution in [0.1, 0.15) is 22.8 Å². The van der Waals surface area contributed by atoms with Gasteiger partial charge in [-0.05, 0) is 58.7 Å². The van der Waals surface area contributed by atoms with Gasteiger partial charge in [-0.3, -0.25) is 4.79 Å². The largest absolute Gasteiger partial charge is 0.493 e. The van der Waals surface area contributed by atoms with Crippen LogP contribution >= 0.6 is 15.9 Å². The molecule has 2 aromatic carbocycles. The van der Waals surface area contributed by atoms with Gasteiger partial charge in [-0.1, -0.05) is 12.1 Å². The van der Waals surface area contributed by atoms with E-state index in [1.165, 1.54) is 13.3 Å². The molecule has 0 bridgehead atoms. The molecule has 1 amide bonds. The smallest absolute Gasteiger partial charge is 0.344 e. The molecule has 0 unspecified atom stereocenters. The summed E-state index contributed by atoms with van der Waals surface area (Å²) in [6.07, 6.45) is 1.48. The monoisotopic (exact) mass is 434 g/mol. The summed E-state index contributed by atoms with van der Waals surface area (Å²) in [5, 5.41) is 3.95. The van der Waals surface area contributed by atoms with Gasteiger partial charge in [0.05, 0.1) is 25.5 Å². The lowest BCUT2D eigenvalue weighted by Crippen LogP contribution is -2.18. The molecule has 2 rings (SSSR count). The maximum absolute atomic E-state index is 12.1. The summed E-state index contributed by atoms with van der Waals surface area (Å²) >= 11 is 3.32. The third kappa shape index (κ3) is 6.10. The van der Waals surface area contributed by atoms with Gasteiger partial charge >= 0.3 is 5.97 Å². The molecule has 0 saturated heterocycles. The molecule has 27 heavy (non-hydrogen) atoms. The zero-order valence-corrected chi connectivity index (χ0v) is 16.5. The first-order valence-electron chi connectivity index (χ1n) is 8.09. The van der Waals surface area contributed by atoms with Crippen molar-refractivity contribution in [3.05, 3.63) is 58.1 Å². The van der Waals surface area contributed by atoms with Crippen molar-refractivity contribution in [1.29, 1.82) is 0 Å². The van der Waals surface area contributed by atoms with Gasteiger partial charge in [0.2, 0.25) is 0 Å². The third-order valence-corrected chi connectivity index (χ3v) is 4.03. The first-order chi connectivity index (χ1) is 13.0. The number of esters is 1. The van der Waals surface area contributed by atoms with Crippen molar-refractivity contribution in [3.63, 3.8) is 0 Å². The summed E-state index contributed by atoms with van der Waals surface area (Å²) in [5.74, 6) is 0.0420. The number of methoxy groups -OCH3 is 1. The highest BCUT2D eigenvalue weighted by Gasteiger charge is 2.10. The number of hydrazone groups is 1. The molecule has 7 nitrogen and oxygen atoms in total. The van der Waals surface area contributed by atoms with Crippen molar-refractivity contribution in [2.75, 3.05) is 20.3 Å². The summed E-state index contributed by atoms with van der Waals surface area (Å²) in [6.45, 7) is 1.81. The number of carbonyl (C=O) groups excluding carboxylic acids is 2. The SMILES string of the molecule is CCOC(=O)COc1ccc(/C=N/NC(=O)c2ccccc2Br)cc1OC. The van der Waals surface area contributed by atoms with Crippen molar-refractivity contribution < 1.29 is 23.8 Å². The van der Waals surface area contributed by atoms with Crippen LogP contribution in [0.15, 0.2) is 52.0 Å². The molecule has 0 radical (unpaired) electrons. The predicted octanol–water partition coefficient (Wildman–Crippen LogP) is 3.16. The number of rotatable bonds is 8. The second-order valence-electron chi connectivity index (χ2n) is 5.18. The fourth-order valence-corrected chi connectivity index (χ4v) is 2.56. The Hall–Kier alpha value is -2.87. The molecule has 0 aliphatic heterocycles. The fourth-order valence-electron chi connectivity index (χ4n) is 2.09. The minimum Gasteiger partial charge on any atom is -0.493 e. The lowest BCUT2D eigenvalue weighted by molar-refractivity contribution is -0.145. The van der Waals surface area contributed by atoms with Crippen LogP contribution in [-0.4, -0.2) is 38.4 Å². The Labute approximate surface area is 165 Å².